The van der Waals surface area contributed by atoms with Gasteiger partial charge in [-0.25, -0.2) is 4.39 Å². The molecule has 2 rings (SSSR count). The molecular formula is C9H10FN. The Morgan fingerprint density at radius 3 is 3.09 bits per heavy atom. The number of alkyl halides is 1. The van der Waals surface area contributed by atoms with Crippen molar-refractivity contribution in [1.82, 2.24) is 0 Å². The molecule has 1 aliphatic heterocycles. The number of benzene rings is 1. The van der Waals surface area contributed by atoms with Crippen molar-refractivity contribution in [2.24, 2.45) is 0 Å². The van der Waals surface area contributed by atoms with Crippen LogP contribution in [0, 0.1) is 0 Å². The molecule has 0 spiro atoms. The zero-order chi connectivity index (χ0) is 7.68. The first kappa shape index (κ1) is 6.65. The van der Waals surface area contributed by atoms with Gasteiger partial charge in [0.05, 0.1) is 0 Å². The van der Waals surface area contributed by atoms with Crippen LogP contribution in [0.3, 0.4) is 0 Å². The van der Waals surface area contributed by atoms with Crippen molar-refractivity contribution in [3.8, 4) is 0 Å². The average molecular weight is 151 g/mol. The predicted octanol–water partition coefficient (Wildman–Crippen LogP) is 1.99. The Morgan fingerprint density at radius 2 is 2.18 bits per heavy atom. The number of halogens is 1. The minimum atomic E-state index is -0.718. The highest BCUT2D eigenvalue weighted by molar-refractivity contribution is 5.53. The fourth-order valence-electron chi connectivity index (χ4n) is 1.40. The van der Waals surface area contributed by atoms with Gasteiger partial charge in [0.25, 0.3) is 0 Å². The fourth-order valence-corrected chi connectivity index (χ4v) is 1.40. The first-order valence-corrected chi connectivity index (χ1v) is 3.82. The van der Waals surface area contributed by atoms with E-state index in [9.17, 15) is 4.39 Å². The predicted molar refractivity (Wildman–Crippen MR) is 43.5 cm³/mol. The first-order valence-electron chi connectivity index (χ1n) is 3.82. The third kappa shape index (κ3) is 1.20. The smallest absolute Gasteiger partial charge is 0.121 e. The summed E-state index contributed by atoms with van der Waals surface area (Å²) in [6.07, 6.45) is -0.159. The molecule has 1 aliphatic rings. The van der Waals surface area contributed by atoms with Crippen LogP contribution in [0.25, 0.3) is 0 Å². The van der Waals surface area contributed by atoms with Crippen LogP contribution in [0.2, 0.25) is 0 Å². The summed E-state index contributed by atoms with van der Waals surface area (Å²) in [5.41, 5.74) is 2.17. The zero-order valence-corrected chi connectivity index (χ0v) is 6.18. The van der Waals surface area contributed by atoms with E-state index in [1.165, 1.54) is 0 Å². The highest BCUT2D eigenvalue weighted by Crippen LogP contribution is 2.21. The topological polar surface area (TPSA) is 12.0 Å². The minimum absolute atomic E-state index is 0.455. The van der Waals surface area contributed by atoms with Crippen LogP contribution in [-0.4, -0.2) is 12.7 Å². The van der Waals surface area contributed by atoms with Crippen LogP contribution >= 0.6 is 0 Å². The Kier molecular flexibility index (Phi) is 1.53. The molecule has 1 atom stereocenters. The van der Waals surface area contributed by atoms with Crippen LogP contribution in [0.5, 0.6) is 0 Å². The Bertz CT molecular complexity index is 259. The molecule has 1 N–H and O–H groups in total. The number of hydrogen-bond donors (Lipinski definition) is 1. The highest BCUT2D eigenvalue weighted by Gasteiger charge is 2.15. The summed E-state index contributed by atoms with van der Waals surface area (Å²) in [4.78, 5) is 0. The molecule has 0 amide bonds. The summed E-state index contributed by atoms with van der Waals surface area (Å²) in [6.45, 7) is 0.455. The highest BCUT2D eigenvalue weighted by atomic mass is 19.1. The number of rotatable bonds is 0. The van der Waals surface area contributed by atoms with Gasteiger partial charge in [0.2, 0.25) is 0 Å². The van der Waals surface area contributed by atoms with Crippen LogP contribution in [0.1, 0.15) is 5.56 Å². The van der Waals surface area contributed by atoms with E-state index >= 15 is 0 Å². The van der Waals surface area contributed by atoms with Crippen molar-refractivity contribution in [2.75, 3.05) is 11.9 Å². The Morgan fingerprint density at radius 1 is 1.36 bits per heavy atom. The van der Waals surface area contributed by atoms with Crippen molar-refractivity contribution in [3.05, 3.63) is 29.8 Å². The monoisotopic (exact) mass is 151 g/mol. The minimum Gasteiger partial charge on any atom is -0.382 e. The van der Waals surface area contributed by atoms with Crippen molar-refractivity contribution >= 4 is 5.69 Å². The normalized spacial score (nSPS) is 22.1. The van der Waals surface area contributed by atoms with Gasteiger partial charge in [-0.15, -0.1) is 0 Å². The van der Waals surface area contributed by atoms with E-state index in [1.54, 1.807) is 0 Å². The van der Waals surface area contributed by atoms with Crippen molar-refractivity contribution in [2.45, 2.75) is 12.6 Å². The van der Waals surface area contributed by atoms with Gasteiger partial charge in [0.1, 0.15) is 6.17 Å². The molecule has 0 saturated carbocycles. The van der Waals surface area contributed by atoms with Crippen molar-refractivity contribution in [1.29, 1.82) is 0 Å². The maximum atomic E-state index is 12.8. The van der Waals surface area contributed by atoms with Gasteiger partial charge >= 0.3 is 0 Å². The molecule has 0 radical (unpaired) electrons. The third-order valence-corrected chi connectivity index (χ3v) is 1.97. The molecule has 0 fully saturated rings. The van der Waals surface area contributed by atoms with Gasteiger partial charge in [0.15, 0.2) is 0 Å². The largest absolute Gasteiger partial charge is 0.382 e. The van der Waals surface area contributed by atoms with E-state index in [1.807, 2.05) is 24.3 Å². The number of nitrogens with one attached hydrogen (secondary N) is 1. The van der Waals surface area contributed by atoms with Gasteiger partial charge in [-0.2, -0.15) is 0 Å². The second kappa shape index (κ2) is 2.53. The quantitative estimate of drug-likeness (QED) is 0.598. The van der Waals surface area contributed by atoms with Gasteiger partial charge in [-0.05, 0) is 11.6 Å². The molecule has 1 aromatic rings. The maximum absolute atomic E-state index is 12.8. The molecule has 1 heterocycles. The summed E-state index contributed by atoms with van der Waals surface area (Å²) < 4.78 is 12.8. The third-order valence-electron chi connectivity index (χ3n) is 1.97. The summed E-state index contributed by atoms with van der Waals surface area (Å²) in [5.74, 6) is 0. The summed E-state index contributed by atoms with van der Waals surface area (Å²) in [6, 6.07) is 7.86. The van der Waals surface area contributed by atoms with Crippen LogP contribution in [0.4, 0.5) is 10.1 Å². The van der Waals surface area contributed by atoms with E-state index in [0.29, 0.717) is 13.0 Å². The van der Waals surface area contributed by atoms with Crippen molar-refractivity contribution in [3.63, 3.8) is 0 Å². The molecule has 0 aliphatic carbocycles. The Balaban J connectivity index is 2.34. The molecule has 0 bridgehead atoms. The maximum Gasteiger partial charge on any atom is 0.121 e. The lowest BCUT2D eigenvalue weighted by Gasteiger charge is -2.20. The van der Waals surface area contributed by atoms with E-state index in [2.05, 4.69) is 5.32 Å². The molecule has 58 valence electrons. The zero-order valence-electron chi connectivity index (χ0n) is 6.18. The Hall–Kier alpha value is -1.05. The van der Waals surface area contributed by atoms with E-state index < -0.39 is 6.17 Å². The number of anilines is 1. The second-order valence-electron chi connectivity index (χ2n) is 2.84. The molecule has 2 heteroatoms. The number of hydrogen-bond acceptors (Lipinski definition) is 1. The van der Waals surface area contributed by atoms with Gasteiger partial charge in [0, 0.05) is 18.7 Å². The van der Waals surface area contributed by atoms with E-state index in [0.717, 1.165) is 11.3 Å². The van der Waals surface area contributed by atoms with Crippen LogP contribution in [0.15, 0.2) is 24.3 Å². The molecule has 1 nitrogen and oxygen atoms in total. The lowest BCUT2D eigenvalue weighted by Crippen LogP contribution is -2.23. The molecule has 1 aromatic carbocycles. The lowest BCUT2D eigenvalue weighted by molar-refractivity contribution is 0.342. The average Bonchev–Trinajstić information content (AvgIpc) is 2.04. The molecule has 11 heavy (non-hydrogen) atoms. The Labute approximate surface area is 65.2 Å². The fraction of sp³-hybridized carbons (Fsp3) is 0.333. The van der Waals surface area contributed by atoms with Gasteiger partial charge < -0.3 is 5.32 Å². The van der Waals surface area contributed by atoms with Crippen LogP contribution in [-0.2, 0) is 6.42 Å². The number of fused-ring (bicyclic) bond motifs is 1. The van der Waals surface area contributed by atoms with Gasteiger partial charge in [-0.3, -0.25) is 0 Å². The van der Waals surface area contributed by atoms with Crippen molar-refractivity contribution < 1.29 is 4.39 Å². The second-order valence-corrected chi connectivity index (χ2v) is 2.84. The molecular weight excluding hydrogens is 141 g/mol. The molecule has 0 aromatic heterocycles. The van der Waals surface area contributed by atoms with Crippen LogP contribution < -0.4 is 5.32 Å². The summed E-state index contributed by atoms with van der Waals surface area (Å²) >= 11 is 0. The lowest BCUT2D eigenvalue weighted by atomic mass is 10.0. The van der Waals surface area contributed by atoms with E-state index in [4.69, 9.17) is 0 Å². The molecule has 0 saturated heterocycles. The SMILES string of the molecule is FC1CNc2ccccc2C1. The number of para-hydroxylation sites is 1. The summed E-state index contributed by atoms with van der Waals surface area (Å²) in [7, 11) is 0. The first-order chi connectivity index (χ1) is 5.36. The summed E-state index contributed by atoms with van der Waals surface area (Å²) in [5, 5.41) is 3.04. The van der Waals surface area contributed by atoms with Gasteiger partial charge in [-0.1, -0.05) is 18.2 Å². The standard InChI is InChI=1S/C9H10FN/c10-8-5-7-3-1-2-4-9(7)11-6-8/h1-4,8,11H,5-6H2. The molecule has 1 unspecified atom stereocenters. The van der Waals surface area contributed by atoms with E-state index in [-0.39, 0.29) is 0 Å².